The highest BCUT2D eigenvalue weighted by Crippen LogP contribution is 2.22. The number of ether oxygens (including phenoxy) is 2. The van der Waals surface area contributed by atoms with Gasteiger partial charge in [-0.1, -0.05) is 42.0 Å². The standard InChI is InChI=1S/C21H25FN2O3/c1-16-6-8-17(9-7-16)19(24-10-12-26-13-11-24)14-23-21(25)15-27-20-5-3-2-4-18(20)22/h2-9,19H,10-15H2,1H3,(H,23,25). The number of aryl methyl sites for hydroxylation is 1. The molecule has 1 heterocycles. The Morgan fingerprint density at radius 1 is 1.19 bits per heavy atom. The van der Waals surface area contributed by atoms with Crippen molar-refractivity contribution in [2.75, 3.05) is 39.5 Å². The molecule has 144 valence electrons. The molecule has 0 radical (unpaired) electrons. The second-order valence-corrected chi connectivity index (χ2v) is 6.60. The smallest absolute Gasteiger partial charge is 0.258 e. The predicted molar refractivity (Wildman–Crippen MR) is 101 cm³/mol. The lowest BCUT2D eigenvalue weighted by Gasteiger charge is -2.35. The first-order chi connectivity index (χ1) is 13.1. The van der Waals surface area contributed by atoms with Gasteiger partial charge in [0, 0.05) is 19.6 Å². The topological polar surface area (TPSA) is 50.8 Å². The second kappa shape index (κ2) is 9.48. The molecule has 0 spiro atoms. The van der Waals surface area contributed by atoms with Gasteiger partial charge in [0.05, 0.1) is 19.3 Å². The van der Waals surface area contributed by atoms with Gasteiger partial charge in [-0.15, -0.1) is 0 Å². The van der Waals surface area contributed by atoms with E-state index in [2.05, 4.69) is 41.4 Å². The van der Waals surface area contributed by atoms with Crippen molar-refractivity contribution in [2.24, 2.45) is 0 Å². The lowest BCUT2D eigenvalue weighted by atomic mass is 10.0. The monoisotopic (exact) mass is 372 g/mol. The molecule has 1 amide bonds. The van der Waals surface area contributed by atoms with Gasteiger partial charge >= 0.3 is 0 Å². The summed E-state index contributed by atoms with van der Waals surface area (Å²) in [6.07, 6.45) is 0. The summed E-state index contributed by atoms with van der Waals surface area (Å²) in [5.74, 6) is -0.671. The van der Waals surface area contributed by atoms with Crippen LogP contribution in [-0.2, 0) is 9.53 Å². The molecule has 1 saturated heterocycles. The number of carbonyl (C=O) groups is 1. The van der Waals surface area contributed by atoms with Gasteiger partial charge in [-0.25, -0.2) is 4.39 Å². The Morgan fingerprint density at radius 2 is 1.89 bits per heavy atom. The molecule has 1 aliphatic heterocycles. The van der Waals surface area contributed by atoms with E-state index >= 15 is 0 Å². The summed E-state index contributed by atoms with van der Waals surface area (Å²) in [6.45, 7) is 5.31. The van der Waals surface area contributed by atoms with Gasteiger partial charge in [0.1, 0.15) is 0 Å². The largest absolute Gasteiger partial charge is 0.481 e. The quantitative estimate of drug-likeness (QED) is 0.812. The molecular formula is C21H25FN2O3. The van der Waals surface area contributed by atoms with Gasteiger partial charge in [0.15, 0.2) is 18.2 Å². The molecule has 1 fully saturated rings. The third-order valence-corrected chi connectivity index (χ3v) is 4.64. The molecule has 2 aromatic rings. The third kappa shape index (κ3) is 5.52. The maximum atomic E-state index is 13.6. The van der Waals surface area contributed by atoms with Crippen LogP contribution in [0, 0.1) is 12.7 Å². The molecule has 0 saturated carbocycles. The summed E-state index contributed by atoms with van der Waals surface area (Å²) in [6, 6.07) is 14.5. The van der Waals surface area contributed by atoms with Crippen molar-refractivity contribution in [3.05, 3.63) is 65.5 Å². The van der Waals surface area contributed by atoms with Crippen LogP contribution in [0.4, 0.5) is 4.39 Å². The Balaban J connectivity index is 1.59. The number of benzene rings is 2. The highest BCUT2D eigenvalue weighted by atomic mass is 19.1. The van der Waals surface area contributed by atoms with Gasteiger partial charge in [0.25, 0.3) is 5.91 Å². The number of nitrogens with one attached hydrogen (secondary N) is 1. The van der Waals surface area contributed by atoms with Crippen molar-refractivity contribution in [2.45, 2.75) is 13.0 Å². The molecule has 5 nitrogen and oxygen atoms in total. The Labute approximate surface area is 159 Å². The number of hydrogen-bond donors (Lipinski definition) is 1. The highest BCUT2D eigenvalue weighted by molar-refractivity contribution is 5.77. The number of halogens is 1. The predicted octanol–water partition coefficient (Wildman–Crippen LogP) is 2.70. The van der Waals surface area contributed by atoms with Gasteiger partial charge < -0.3 is 14.8 Å². The fourth-order valence-corrected chi connectivity index (χ4v) is 3.10. The van der Waals surface area contributed by atoms with Gasteiger partial charge in [0.2, 0.25) is 0 Å². The molecule has 1 aliphatic rings. The number of morpholine rings is 1. The Bertz CT molecular complexity index is 745. The minimum atomic E-state index is -0.476. The van der Waals surface area contributed by atoms with Crippen LogP contribution in [0.25, 0.3) is 0 Å². The zero-order chi connectivity index (χ0) is 19.1. The van der Waals surface area contributed by atoms with E-state index in [0.29, 0.717) is 19.8 Å². The summed E-state index contributed by atoms with van der Waals surface area (Å²) >= 11 is 0. The van der Waals surface area contributed by atoms with Crippen LogP contribution >= 0.6 is 0 Å². The van der Waals surface area contributed by atoms with E-state index in [1.54, 1.807) is 12.1 Å². The first-order valence-electron chi connectivity index (χ1n) is 9.16. The van der Waals surface area contributed by atoms with Crippen LogP contribution in [0.3, 0.4) is 0 Å². The number of para-hydroxylation sites is 1. The van der Waals surface area contributed by atoms with Crippen molar-refractivity contribution >= 4 is 5.91 Å². The molecule has 1 atom stereocenters. The lowest BCUT2D eigenvalue weighted by Crippen LogP contribution is -2.44. The highest BCUT2D eigenvalue weighted by Gasteiger charge is 2.23. The van der Waals surface area contributed by atoms with Gasteiger partial charge in [-0.3, -0.25) is 9.69 Å². The summed E-state index contributed by atoms with van der Waals surface area (Å²) in [4.78, 5) is 14.5. The zero-order valence-corrected chi connectivity index (χ0v) is 15.5. The molecule has 1 N–H and O–H groups in total. The first kappa shape index (κ1) is 19.3. The van der Waals surface area contributed by atoms with Crippen LogP contribution in [-0.4, -0.2) is 50.3 Å². The van der Waals surface area contributed by atoms with E-state index in [-0.39, 0.29) is 24.3 Å². The fraction of sp³-hybridized carbons (Fsp3) is 0.381. The van der Waals surface area contributed by atoms with E-state index in [0.717, 1.165) is 18.7 Å². The molecule has 27 heavy (non-hydrogen) atoms. The Kier molecular flexibility index (Phi) is 6.79. The molecule has 6 heteroatoms. The van der Waals surface area contributed by atoms with E-state index in [1.165, 1.54) is 17.7 Å². The lowest BCUT2D eigenvalue weighted by molar-refractivity contribution is -0.123. The fourth-order valence-electron chi connectivity index (χ4n) is 3.10. The van der Waals surface area contributed by atoms with Crippen molar-refractivity contribution in [1.82, 2.24) is 10.2 Å². The SMILES string of the molecule is Cc1ccc(C(CNC(=O)COc2ccccc2F)N2CCOCC2)cc1. The van der Waals surface area contributed by atoms with Crippen LogP contribution in [0.1, 0.15) is 17.2 Å². The number of amides is 1. The molecular weight excluding hydrogens is 347 g/mol. The average molecular weight is 372 g/mol. The van der Waals surface area contributed by atoms with Crippen LogP contribution < -0.4 is 10.1 Å². The molecule has 0 aromatic heterocycles. The first-order valence-corrected chi connectivity index (χ1v) is 9.16. The van der Waals surface area contributed by atoms with E-state index in [4.69, 9.17) is 9.47 Å². The molecule has 2 aromatic carbocycles. The molecule has 1 unspecified atom stereocenters. The Morgan fingerprint density at radius 3 is 2.59 bits per heavy atom. The normalized spacial score (nSPS) is 15.9. The summed E-state index contributed by atoms with van der Waals surface area (Å²) in [5.41, 5.74) is 2.35. The summed E-state index contributed by atoms with van der Waals surface area (Å²) in [5, 5.41) is 2.91. The number of nitrogens with zero attached hydrogens (tertiary/aromatic N) is 1. The van der Waals surface area contributed by atoms with Crippen LogP contribution in [0.15, 0.2) is 48.5 Å². The van der Waals surface area contributed by atoms with E-state index in [1.807, 2.05) is 0 Å². The van der Waals surface area contributed by atoms with Crippen LogP contribution in [0.5, 0.6) is 5.75 Å². The van der Waals surface area contributed by atoms with E-state index in [9.17, 15) is 9.18 Å². The Hall–Kier alpha value is -2.44. The average Bonchev–Trinajstić information content (AvgIpc) is 2.69. The summed E-state index contributed by atoms with van der Waals surface area (Å²) < 4.78 is 24.3. The van der Waals surface area contributed by atoms with Gasteiger partial charge in [-0.2, -0.15) is 0 Å². The number of rotatable bonds is 7. The van der Waals surface area contributed by atoms with Crippen molar-refractivity contribution in [1.29, 1.82) is 0 Å². The maximum absolute atomic E-state index is 13.6. The maximum Gasteiger partial charge on any atom is 0.258 e. The second-order valence-electron chi connectivity index (χ2n) is 6.60. The molecule has 0 bridgehead atoms. The minimum Gasteiger partial charge on any atom is -0.481 e. The van der Waals surface area contributed by atoms with E-state index < -0.39 is 5.82 Å². The number of carbonyl (C=O) groups excluding carboxylic acids is 1. The molecule has 0 aliphatic carbocycles. The minimum absolute atomic E-state index is 0.0620. The molecule has 3 rings (SSSR count). The van der Waals surface area contributed by atoms with Crippen molar-refractivity contribution < 1.29 is 18.7 Å². The number of hydrogen-bond acceptors (Lipinski definition) is 4. The van der Waals surface area contributed by atoms with Crippen molar-refractivity contribution in [3.8, 4) is 5.75 Å². The summed E-state index contributed by atoms with van der Waals surface area (Å²) in [7, 11) is 0. The van der Waals surface area contributed by atoms with Crippen LogP contribution in [0.2, 0.25) is 0 Å². The zero-order valence-electron chi connectivity index (χ0n) is 15.5. The van der Waals surface area contributed by atoms with Gasteiger partial charge in [-0.05, 0) is 24.6 Å². The third-order valence-electron chi connectivity index (χ3n) is 4.64. The van der Waals surface area contributed by atoms with Crippen molar-refractivity contribution in [3.63, 3.8) is 0 Å².